The highest BCUT2D eigenvalue weighted by Gasteiger charge is 2.31. The second-order valence-electron chi connectivity index (χ2n) is 8.31. The van der Waals surface area contributed by atoms with E-state index < -0.39 is 28.5 Å². The van der Waals surface area contributed by atoms with Crippen molar-refractivity contribution in [3.8, 4) is 0 Å². The van der Waals surface area contributed by atoms with Gasteiger partial charge in [-0.25, -0.2) is 8.42 Å². The molecule has 0 fully saturated rings. The van der Waals surface area contributed by atoms with Crippen LogP contribution in [0.4, 0.5) is 5.69 Å². The van der Waals surface area contributed by atoms with E-state index in [1.807, 2.05) is 32.9 Å². The maximum Gasteiger partial charge on any atom is 0.244 e. The van der Waals surface area contributed by atoms with E-state index in [-0.39, 0.29) is 18.5 Å². The fraction of sp³-hybridized carbons (Fsp3) is 0.417. The van der Waals surface area contributed by atoms with Crippen LogP contribution in [0, 0.1) is 0 Å². The second-order valence-corrected chi connectivity index (χ2v) is 11.0. The Kier molecular flexibility index (Phi) is 9.79. The Morgan fingerprint density at radius 3 is 2.12 bits per heavy atom. The predicted molar refractivity (Wildman–Crippen MR) is 138 cm³/mol. The van der Waals surface area contributed by atoms with Crippen molar-refractivity contribution in [2.24, 2.45) is 0 Å². The number of carbonyl (C=O) groups excluding carboxylic acids is 2. The number of carbonyl (C=O) groups is 2. The highest BCUT2D eigenvalue weighted by atomic mass is 35.5. The summed E-state index contributed by atoms with van der Waals surface area (Å²) in [5.74, 6) is -0.926. The monoisotopic (exact) mass is 527 g/mol. The molecular weight excluding hydrogens is 497 g/mol. The minimum atomic E-state index is -3.80. The van der Waals surface area contributed by atoms with Gasteiger partial charge in [0.25, 0.3) is 0 Å². The fourth-order valence-electron chi connectivity index (χ4n) is 3.49. The van der Waals surface area contributed by atoms with Gasteiger partial charge in [0.1, 0.15) is 12.6 Å². The van der Waals surface area contributed by atoms with Gasteiger partial charge < -0.3 is 10.2 Å². The highest BCUT2D eigenvalue weighted by Crippen LogP contribution is 2.28. The summed E-state index contributed by atoms with van der Waals surface area (Å²) in [4.78, 5) is 27.7. The smallest absolute Gasteiger partial charge is 0.244 e. The topological polar surface area (TPSA) is 86.8 Å². The molecule has 0 saturated carbocycles. The van der Waals surface area contributed by atoms with Gasteiger partial charge in [0.2, 0.25) is 21.8 Å². The van der Waals surface area contributed by atoms with Crippen LogP contribution in [0.25, 0.3) is 0 Å². The number of benzene rings is 2. The minimum absolute atomic E-state index is 0.0585. The number of aryl methyl sites for hydroxylation is 1. The first-order valence-corrected chi connectivity index (χ1v) is 13.6. The molecule has 0 radical (unpaired) electrons. The first kappa shape index (κ1) is 28.0. The third-order valence-corrected chi connectivity index (χ3v) is 7.14. The Labute approximate surface area is 212 Å². The summed E-state index contributed by atoms with van der Waals surface area (Å²) < 4.78 is 26.5. The summed E-state index contributed by atoms with van der Waals surface area (Å²) in [5, 5.41) is 3.49. The number of hydrogen-bond donors (Lipinski definition) is 1. The third kappa shape index (κ3) is 7.10. The molecule has 1 N–H and O–H groups in total. The van der Waals surface area contributed by atoms with Crippen molar-refractivity contribution in [3.05, 3.63) is 63.6 Å². The average Bonchev–Trinajstić information content (AvgIpc) is 2.75. The van der Waals surface area contributed by atoms with Crippen LogP contribution in [0.2, 0.25) is 10.0 Å². The molecule has 0 aliphatic carbocycles. The molecule has 2 rings (SSSR count). The van der Waals surface area contributed by atoms with Crippen molar-refractivity contribution >= 4 is 50.7 Å². The van der Waals surface area contributed by atoms with Gasteiger partial charge in [-0.3, -0.25) is 13.9 Å². The highest BCUT2D eigenvalue weighted by molar-refractivity contribution is 7.92. The van der Waals surface area contributed by atoms with E-state index in [2.05, 4.69) is 5.32 Å². The van der Waals surface area contributed by atoms with Crippen LogP contribution in [0.15, 0.2) is 42.5 Å². The zero-order valence-corrected chi connectivity index (χ0v) is 22.3. The van der Waals surface area contributed by atoms with Gasteiger partial charge in [0.05, 0.1) is 11.9 Å². The molecular formula is C24H31Cl2N3O4S. The number of rotatable bonds is 10. The van der Waals surface area contributed by atoms with E-state index in [1.54, 1.807) is 37.3 Å². The van der Waals surface area contributed by atoms with Gasteiger partial charge in [0, 0.05) is 28.2 Å². The summed E-state index contributed by atoms with van der Waals surface area (Å²) in [5.41, 5.74) is 1.69. The number of nitrogens with one attached hydrogen (secondary N) is 1. The molecule has 0 spiro atoms. The normalized spacial score (nSPS) is 12.4. The molecule has 1 atom stereocenters. The van der Waals surface area contributed by atoms with E-state index >= 15 is 0 Å². The van der Waals surface area contributed by atoms with Crippen LogP contribution >= 0.6 is 23.2 Å². The van der Waals surface area contributed by atoms with Crippen molar-refractivity contribution in [1.82, 2.24) is 10.2 Å². The van der Waals surface area contributed by atoms with Crippen LogP contribution in [-0.4, -0.2) is 50.0 Å². The summed E-state index contributed by atoms with van der Waals surface area (Å²) in [6.07, 6.45) is 1.64. The van der Waals surface area contributed by atoms with Crippen molar-refractivity contribution in [3.63, 3.8) is 0 Å². The van der Waals surface area contributed by atoms with E-state index in [4.69, 9.17) is 23.2 Å². The van der Waals surface area contributed by atoms with Crippen LogP contribution < -0.4 is 9.62 Å². The van der Waals surface area contributed by atoms with Gasteiger partial charge in [-0.05, 0) is 51.0 Å². The van der Waals surface area contributed by atoms with Gasteiger partial charge in [-0.1, -0.05) is 54.4 Å². The zero-order valence-electron chi connectivity index (χ0n) is 20.0. The SMILES string of the molecule is CCc1ccccc1N(CC(=O)N(Cc1c(Cl)cccc1Cl)[C@H](C)C(=O)NC(C)C)S(C)(=O)=O. The molecule has 34 heavy (non-hydrogen) atoms. The van der Waals surface area contributed by atoms with Crippen LogP contribution in [0.5, 0.6) is 0 Å². The number of nitrogens with zero attached hydrogens (tertiary/aromatic N) is 2. The second kappa shape index (κ2) is 11.9. The van der Waals surface area contributed by atoms with Crippen molar-refractivity contribution < 1.29 is 18.0 Å². The molecule has 0 heterocycles. The molecule has 0 bridgehead atoms. The molecule has 0 aromatic heterocycles. The van der Waals surface area contributed by atoms with Crippen LogP contribution in [-0.2, 0) is 32.6 Å². The van der Waals surface area contributed by atoms with Crippen LogP contribution in [0.3, 0.4) is 0 Å². The molecule has 0 aliphatic heterocycles. The molecule has 2 amide bonds. The molecule has 2 aromatic rings. The van der Waals surface area contributed by atoms with Crippen LogP contribution in [0.1, 0.15) is 38.8 Å². The Bertz CT molecular complexity index is 1120. The lowest BCUT2D eigenvalue weighted by Gasteiger charge is -2.32. The molecule has 2 aromatic carbocycles. The largest absolute Gasteiger partial charge is 0.352 e. The lowest BCUT2D eigenvalue weighted by Crippen LogP contribution is -2.52. The quantitative estimate of drug-likeness (QED) is 0.499. The van der Waals surface area contributed by atoms with Crippen molar-refractivity contribution in [2.45, 2.75) is 52.7 Å². The van der Waals surface area contributed by atoms with Crippen molar-refractivity contribution in [2.75, 3.05) is 17.1 Å². The van der Waals surface area contributed by atoms with Crippen molar-refractivity contribution in [1.29, 1.82) is 0 Å². The summed E-state index contributed by atoms with van der Waals surface area (Å²) in [6, 6.07) is 10.9. The Balaban J connectivity index is 2.49. The van der Waals surface area contributed by atoms with Gasteiger partial charge in [-0.2, -0.15) is 0 Å². The average molecular weight is 529 g/mol. The Morgan fingerprint density at radius 2 is 1.59 bits per heavy atom. The fourth-order valence-corrected chi connectivity index (χ4v) is 4.89. The molecule has 7 nitrogen and oxygen atoms in total. The molecule has 0 saturated heterocycles. The number of hydrogen-bond acceptors (Lipinski definition) is 4. The van der Waals surface area contributed by atoms with Gasteiger partial charge >= 0.3 is 0 Å². The van der Waals surface area contributed by atoms with E-state index in [9.17, 15) is 18.0 Å². The first-order valence-electron chi connectivity index (χ1n) is 10.9. The molecule has 0 unspecified atom stereocenters. The predicted octanol–water partition coefficient (Wildman–Crippen LogP) is 4.26. The maximum absolute atomic E-state index is 13.6. The lowest BCUT2D eigenvalue weighted by atomic mass is 10.1. The minimum Gasteiger partial charge on any atom is -0.352 e. The summed E-state index contributed by atoms with van der Waals surface area (Å²) in [7, 11) is -3.80. The molecule has 10 heteroatoms. The number of para-hydroxylation sites is 1. The first-order chi connectivity index (χ1) is 15.9. The lowest BCUT2D eigenvalue weighted by molar-refractivity contribution is -0.139. The van der Waals surface area contributed by atoms with Gasteiger partial charge in [-0.15, -0.1) is 0 Å². The standard InChI is InChI=1S/C24H31Cl2N3O4S/c1-6-18-10-7-8-13-22(18)29(34(5,32)33)15-23(30)28(17(4)24(31)27-16(2)3)14-19-20(25)11-9-12-21(19)26/h7-13,16-17H,6,14-15H2,1-5H3,(H,27,31)/t17-/m1/s1. The maximum atomic E-state index is 13.6. The van der Waals surface area contributed by atoms with E-state index in [0.29, 0.717) is 27.7 Å². The summed E-state index contributed by atoms with van der Waals surface area (Å²) >= 11 is 12.7. The zero-order chi connectivity index (χ0) is 25.6. The Hall–Kier alpha value is -2.29. The Morgan fingerprint density at radius 1 is 1.00 bits per heavy atom. The van der Waals surface area contributed by atoms with E-state index in [0.717, 1.165) is 16.1 Å². The number of halogens is 2. The van der Waals surface area contributed by atoms with Gasteiger partial charge in [0.15, 0.2) is 0 Å². The molecule has 186 valence electrons. The molecule has 0 aliphatic rings. The third-order valence-electron chi connectivity index (χ3n) is 5.31. The summed E-state index contributed by atoms with van der Waals surface area (Å²) in [6.45, 7) is 6.59. The number of anilines is 1. The number of sulfonamides is 1. The number of amides is 2. The van der Waals surface area contributed by atoms with E-state index in [1.165, 1.54) is 4.90 Å².